The number of fused-ring (bicyclic) bond motifs is 3. The van der Waals surface area contributed by atoms with Crippen molar-refractivity contribution in [2.75, 3.05) is 0 Å². The van der Waals surface area contributed by atoms with E-state index in [-0.39, 0.29) is 23.5 Å². The maximum Gasteiger partial charge on any atom is 0.145 e. The van der Waals surface area contributed by atoms with Crippen molar-refractivity contribution < 1.29 is 6.85 Å². The molecule has 0 amide bonds. The second kappa shape index (κ2) is 12.9. The summed E-state index contributed by atoms with van der Waals surface area (Å²) in [6.45, 7) is 0. The van der Waals surface area contributed by atoms with E-state index in [0.717, 1.165) is 77.3 Å². The molecular weight excluding hydrogens is 641 g/mol. The number of hydrogen-bond acceptors (Lipinski definition) is 1. The third-order valence-corrected chi connectivity index (χ3v) is 10.1. The fourth-order valence-electron chi connectivity index (χ4n) is 7.78. The Balaban J connectivity index is 1.29. The molecular formula is C51H34N2. The van der Waals surface area contributed by atoms with Gasteiger partial charge in [0, 0.05) is 11.1 Å². The molecule has 0 unspecified atom stereocenters. The first-order valence-corrected chi connectivity index (χ1v) is 17.7. The second-order valence-electron chi connectivity index (χ2n) is 13.1. The molecule has 53 heavy (non-hydrogen) atoms. The molecule has 0 fully saturated rings. The monoisotopic (exact) mass is 679 g/mol. The maximum atomic E-state index is 8.96. The van der Waals surface area contributed by atoms with Crippen molar-refractivity contribution in [2.24, 2.45) is 0 Å². The summed E-state index contributed by atoms with van der Waals surface area (Å²) in [4.78, 5) is 4.97. The standard InChI is InChI=1S/C51H34N2/c1-4-18-35(19-5-1)38-32-39(36-20-6-2-7-21-36)34-40(33-38)49-41-24-10-12-26-43(41)50(44-27-13-11-25-42(44)49)45-28-14-16-30-47(45)53-48-31-17-15-29-46(48)52-51(53)37-22-8-3-9-23-37/h1-34H/i3D,8D,9D,22D,23D. The molecule has 0 bridgehead atoms. The van der Waals surface area contributed by atoms with Gasteiger partial charge in [-0.2, -0.15) is 0 Å². The predicted octanol–water partition coefficient (Wildman–Crippen LogP) is 13.7. The van der Waals surface area contributed by atoms with Crippen LogP contribution in [0.1, 0.15) is 6.85 Å². The van der Waals surface area contributed by atoms with Gasteiger partial charge >= 0.3 is 0 Å². The van der Waals surface area contributed by atoms with Gasteiger partial charge in [0.05, 0.1) is 23.6 Å². The second-order valence-corrected chi connectivity index (χ2v) is 13.1. The molecule has 0 aliphatic heterocycles. The molecule has 0 spiro atoms. The molecule has 248 valence electrons. The van der Waals surface area contributed by atoms with Gasteiger partial charge in [0.15, 0.2) is 0 Å². The maximum absolute atomic E-state index is 8.96. The first kappa shape index (κ1) is 25.8. The van der Waals surface area contributed by atoms with Crippen molar-refractivity contribution in [3.8, 4) is 61.6 Å². The van der Waals surface area contributed by atoms with Crippen molar-refractivity contribution in [2.45, 2.75) is 0 Å². The van der Waals surface area contributed by atoms with Crippen molar-refractivity contribution in [3.63, 3.8) is 0 Å². The summed E-state index contributed by atoms with van der Waals surface area (Å²) >= 11 is 0. The molecule has 1 heterocycles. The van der Waals surface area contributed by atoms with Gasteiger partial charge in [0.1, 0.15) is 5.82 Å². The number of nitrogens with zero attached hydrogens (tertiary/aromatic N) is 2. The largest absolute Gasteiger partial charge is 0.292 e. The van der Waals surface area contributed by atoms with Crippen LogP contribution in [0, 0.1) is 0 Å². The molecule has 0 saturated heterocycles. The molecule has 10 rings (SSSR count). The Morgan fingerprint density at radius 2 is 0.887 bits per heavy atom. The number of benzene rings is 9. The minimum atomic E-state index is -0.440. The number of imidazole rings is 1. The Morgan fingerprint density at radius 3 is 1.51 bits per heavy atom. The lowest BCUT2D eigenvalue weighted by atomic mass is 9.84. The highest BCUT2D eigenvalue weighted by molar-refractivity contribution is 6.22. The Morgan fingerprint density at radius 1 is 0.396 bits per heavy atom. The smallest absolute Gasteiger partial charge is 0.145 e. The first-order valence-electron chi connectivity index (χ1n) is 20.2. The summed E-state index contributed by atoms with van der Waals surface area (Å²) in [5.41, 5.74) is 11.0. The van der Waals surface area contributed by atoms with Crippen molar-refractivity contribution in [1.29, 1.82) is 0 Å². The van der Waals surface area contributed by atoms with Crippen LogP contribution in [0.4, 0.5) is 0 Å². The third-order valence-electron chi connectivity index (χ3n) is 10.1. The number of rotatable bonds is 6. The molecule has 1 aromatic heterocycles. The lowest BCUT2D eigenvalue weighted by molar-refractivity contribution is 1.10. The molecule has 0 aliphatic carbocycles. The highest BCUT2D eigenvalue weighted by Gasteiger charge is 2.22. The molecule has 0 N–H and O–H groups in total. The molecule has 2 heteroatoms. The van der Waals surface area contributed by atoms with Crippen LogP contribution < -0.4 is 0 Å². The van der Waals surface area contributed by atoms with Crippen LogP contribution in [-0.4, -0.2) is 9.55 Å². The molecule has 0 radical (unpaired) electrons. The van der Waals surface area contributed by atoms with E-state index in [9.17, 15) is 0 Å². The average Bonchev–Trinajstić information content (AvgIpc) is 3.66. The Kier molecular flexibility index (Phi) is 6.31. The SMILES string of the molecule is [2H]c1c([2H])c([2H])c(-c2nc3ccccc3n2-c2ccccc2-c2c3ccccc3c(-c3cc(-c4ccccc4)cc(-c4ccccc4)c3)c3ccccc23)c([2H])c1[2H]. The van der Waals surface area contributed by atoms with E-state index in [1.54, 1.807) is 0 Å². The van der Waals surface area contributed by atoms with Crippen LogP contribution >= 0.6 is 0 Å². The van der Waals surface area contributed by atoms with Crippen molar-refractivity contribution in [1.82, 2.24) is 9.55 Å². The van der Waals surface area contributed by atoms with Gasteiger partial charge in [-0.25, -0.2) is 4.98 Å². The van der Waals surface area contributed by atoms with E-state index >= 15 is 0 Å². The minimum absolute atomic E-state index is 0.0505. The van der Waals surface area contributed by atoms with Gasteiger partial charge < -0.3 is 0 Å². The highest BCUT2D eigenvalue weighted by Crippen LogP contribution is 2.47. The van der Waals surface area contributed by atoms with Crippen LogP contribution in [0.2, 0.25) is 0 Å². The quantitative estimate of drug-likeness (QED) is 0.160. The number of aromatic nitrogens is 2. The average molecular weight is 680 g/mol. The van der Waals surface area contributed by atoms with Crippen LogP contribution in [-0.2, 0) is 0 Å². The number of para-hydroxylation sites is 3. The molecule has 9 aromatic carbocycles. The summed E-state index contributed by atoms with van der Waals surface area (Å²) in [5, 5.41) is 4.31. The van der Waals surface area contributed by atoms with Crippen molar-refractivity contribution >= 4 is 32.6 Å². The number of hydrogen-bond donors (Lipinski definition) is 0. The zero-order valence-corrected chi connectivity index (χ0v) is 28.6. The fourth-order valence-corrected chi connectivity index (χ4v) is 7.78. The fraction of sp³-hybridized carbons (Fsp3) is 0. The van der Waals surface area contributed by atoms with E-state index in [2.05, 4.69) is 121 Å². The van der Waals surface area contributed by atoms with Crippen molar-refractivity contribution in [3.05, 3.63) is 206 Å². The van der Waals surface area contributed by atoms with Crippen LogP contribution in [0.3, 0.4) is 0 Å². The molecule has 2 nitrogen and oxygen atoms in total. The van der Waals surface area contributed by atoms with Crippen LogP contribution in [0.25, 0.3) is 94.2 Å². The van der Waals surface area contributed by atoms with E-state index in [1.165, 1.54) is 0 Å². The topological polar surface area (TPSA) is 17.8 Å². The zero-order chi connectivity index (χ0) is 39.5. The molecule has 0 aliphatic rings. The van der Waals surface area contributed by atoms with Gasteiger partial charge in [0.25, 0.3) is 0 Å². The summed E-state index contributed by atoms with van der Waals surface area (Å²) in [5.74, 6) is 0.280. The first-order chi connectivity index (χ1) is 28.4. The van der Waals surface area contributed by atoms with E-state index in [1.807, 2.05) is 59.2 Å². The van der Waals surface area contributed by atoms with Gasteiger partial charge in [-0.15, -0.1) is 0 Å². The van der Waals surface area contributed by atoms with E-state index in [0.29, 0.717) is 5.52 Å². The Hall–Kier alpha value is -7.03. The van der Waals surface area contributed by atoms with Gasteiger partial charge in [-0.3, -0.25) is 4.57 Å². The van der Waals surface area contributed by atoms with Gasteiger partial charge in [0.2, 0.25) is 0 Å². The summed E-state index contributed by atoms with van der Waals surface area (Å²) < 4.78 is 45.2. The lowest BCUT2D eigenvalue weighted by Crippen LogP contribution is -2.01. The minimum Gasteiger partial charge on any atom is -0.292 e. The predicted molar refractivity (Wildman–Crippen MR) is 223 cm³/mol. The molecule has 0 atom stereocenters. The van der Waals surface area contributed by atoms with E-state index < -0.39 is 18.1 Å². The Bertz CT molecular complexity index is 3080. The summed E-state index contributed by atoms with van der Waals surface area (Å²) in [7, 11) is 0. The van der Waals surface area contributed by atoms with Crippen LogP contribution in [0.5, 0.6) is 0 Å². The molecule has 10 aromatic rings. The lowest BCUT2D eigenvalue weighted by Gasteiger charge is -2.21. The zero-order valence-electron chi connectivity index (χ0n) is 33.6. The highest BCUT2D eigenvalue weighted by atomic mass is 15.1. The normalized spacial score (nSPS) is 12.7. The Labute approximate surface area is 315 Å². The summed E-state index contributed by atoms with van der Waals surface area (Å²) in [6.07, 6.45) is 0. The summed E-state index contributed by atoms with van der Waals surface area (Å²) in [6, 6.07) is 58.9. The molecule has 0 saturated carbocycles. The van der Waals surface area contributed by atoms with E-state index in [4.69, 9.17) is 11.8 Å². The third kappa shape index (κ3) is 5.32. The van der Waals surface area contributed by atoms with Gasteiger partial charge in [-0.05, 0) is 96.9 Å². The van der Waals surface area contributed by atoms with Gasteiger partial charge in [-0.1, -0.05) is 170 Å². The van der Waals surface area contributed by atoms with Crippen LogP contribution in [0.15, 0.2) is 206 Å².